The second-order valence-electron chi connectivity index (χ2n) is 4.58. The molecule has 0 saturated carbocycles. The summed E-state index contributed by atoms with van der Waals surface area (Å²) in [6, 6.07) is 3.32. The fraction of sp³-hybridized carbons (Fsp3) is 0.500. The SMILES string of the molecule is CCCCN(C)CCC(=O)Nc1ccc(F)c(F)c1.Cl. The third-order valence-electron chi connectivity index (χ3n) is 2.82. The van der Waals surface area contributed by atoms with Gasteiger partial charge in [-0.25, -0.2) is 8.78 Å². The topological polar surface area (TPSA) is 32.3 Å². The van der Waals surface area contributed by atoms with Crippen LogP contribution in [0.2, 0.25) is 0 Å². The zero-order valence-electron chi connectivity index (χ0n) is 11.8. The van der Waals surface area contributed by atoms with Gasteiger partial charge in [0, 0.05) is 24.7 Å². The van der Waals surface area contributed by atoms with Crippen molar-refractivity contribution in [1.82, 2.24) is 4.90 Å². The van der Waals surface area contributed by atoms with E-state index in [2.05, 4.69) is 17.1 Å². The van der Waals surface area contributed by atoms with E-state index < -0.39 is 11.6 Å². The minimum Gasteiger partial charge on any atom is -0.326 e. The molecule has 114 valence electrons. The third kappa shape index (κ3) is 6.82. The molecule has 1 aromatic rings. The molecule has 3 nitrogen and oxygen atoms in total. The number of rotatable bonds is 7. The van der Waals surface area contributed by atoms with Gasteiger partial charge in [0.1, 0.15) is 0 Å². The fourth-order valence-electron chi connectivity index (χ4n) is 1.63. The molecule has 0 radical (unpaired) electrons. The van der Waals surface area contributed by atoms with Gasteiger partial charge in [0.25, 0.3) is 0 Å². The molecule has 20 heavy (non-hydrogen) atoms. The monoisotopic (exact) mass is 306 g/mol. The molecule has 0 bridgehead atoms. The highest BCUT2D eigenvalue weighted by atomic mass is 35.5. The molecule has 0 aliphatic carbocycles. The standard InChI is InChI=1S/C14H20F2N2O.ClH/c1-3-4-8-18(2)9-7-14(19)17-11-5-6-12(15)13(16)10-11;/h5-6,10H,3-4,7-9H2,1-2H3,(H,17,19);1H. The lowest BCUT2D eigenvalue weighted by Gasteiger charge is -2.15. The Morgan fingerprint density at radius 2 is 1.95 bits per heavy atom. The molecule has 0 atom stereocenters. The number of hydrogen-bond donors (Lipinski definition) is 1. The highest BCUT2D eigenvalue weighted by Gasteiger charge is 2.07. The fourth-order valence-corrected chi connectivity index (χ4v) is 1.63. The Bertz CT molecular complexity index is 430. The minimum absolute atomic E-state index is 0. The molecule has 0 aliphatic heterocycles. The number of nitrogens with one attached hydrogen (secondary N) is 1. The summed E-state index contributed by atoms with van der Waals surface area (Å²) in [5, 5.41) is 2.55. The van der Waals surface area contributed by atoms with Crippen LogP contribution in [0.1, 0.15) is 26.2 Å². The van der Waals surface area contributed by atoms with E-state index in [1.807, 2.05) is 7.05 Å². The van der Waals surface area contributed by atoms with Gasteiger partial charge in [0.2, 0.25) is 5.91 Å². The third-order valence-corrected chi connectivity index (χ3v) is 2.82. The first-order valence-electron chi connectivity index (χ1n) is 6.46. The Balaban J connectivity index is 0.00000361. The number of carbonyl (C=O) groups is 1. The molecule has 0 aromatic heterocycles. The van der Waals surface area contributed by atoms with Gasteiger partial charge in [0.15, 0.2) is 11.6 Å². The lowest BCUT2D eigenvalue weighted by atomic mass is 10.2. The molecule has 1 N–H and O–H groups in total. The summed E-state index contributed by atoms with van der Waals surface area (Å²) in [5.74, 6) is -2.08. The molecular formula is C14H21ClF2N2O. The molecule has 0 aliphatic rings. The molecule has 6 heteroatoms. The Hall–Kier alpha value is -1.20. The van der Waals surface area contributed by atoms with Gasteiger partial charge in [0.05, 0.1) is 0 Å². The maximum absolute atomic E-state index is 12.9. The molecule has 0 saturated heterocycles. The van der Waals surface area contributed by atoms with Crippen LogP contribution >= 0.6 is 12.4 Å². The van der Waals surface area contributed by atoms with Crippen molar-refractivity contribution in [3.8, 4) is 0 Å². The first-order valence-corrected chi connectivity index (χ1v) is 6.46. The summed E-state index contributed by atoms with van der Waals surface area (Å²) >= 11 is 0. The number of hydrogen-bond acceptors (Lipinski definition) is 2. The van der Waals surface area contributed by atoms with E-state index >= 15 is 0 Å². The molecule has 1 rings (SSSR count). The highest BCUT2D eigenvalue weighted by Crippen LogP contribution is 2.13. The first-order chi connectivity index (χ1) is 9.02. The van der Waals surface area contributed by atoms with E-state index in [4.69, 9.17) is 0 Å². The second-order valence-corrected chi connectivity index (χ2v) is 4.58. The summed E-state index contributed by atoms with van der Waals surface area (Å²) < 4.78 is 25.7. The van der Waals surface area contributed by atoms with Crippen molar-refractivity contribution < 1.29 is 13.6 Å². The highest BCUT2D eigenvalue weighted by molar-refractivity contribution is 5.90. The van der Waals surface area contributed by atoms with E-state index in [1.54, 1.807) is 0 Å². The number of halogens is 3. The van der Waals surface area contributed by atoms with Crippen LogP contribution in [-0.4, -0.2) is 30.9 Å². The molecule has 1 amide bonds. The van der Waals surface area contributed by atoms with Crippen molar-refractivity contribution >= 4 is 24.0 Å². The van der Waals surface area contributed by atoms with Gasteiger partial charge >= 0.3 is 0 Å². The Morgan fingerprint density at radius 1 is 1.25 bits per heavy atom. The predicted octanol–water partition coefficient (Wildman–Crippen LogP) is 3.45. The summed E-state index contributed by atoms with van der Waals surface area (Å²) in [4.78, 5) is 13.7. The second kappa shape index (κ2) is 9.66. The van der Waals surface area contributed by atoms with Crippen LogP contribution < -0.4 is 5.32 Å². The van der Waals surface area contributed by atoms with Gasteiger partial charge in [-0.3, -0.25) is 4.79 Å². The van der Waals surface area contributed by atoms with Gasteiger partial charge < -0.3 is 10.2 Å². The summed E-state index contributed by atoms with van der Waals surface area (Å²) in [6.45, 7) is 3.72. The van der Waals surface area contributed by atoms with Gasteiger partial charge in [-0.05, 0) is 32.1 Å². The molecule has 0 fully saturated rings. The average Bonchev–Trinajstić information content (AvgIpc) is 2.38. The molecule has 0 unspecified atom stereocenters. The van der Waals surface area contributed by atoms with E-state index in [9.17, 15) is 13.6 Å². The van der Waals surface area contributed by atoms with Gasteiger partial charge in [-0.15, -0.1) is 12.4 Å². The van der Waals surface area contributed by atoms with Crippen LogP contribution in [0.15, 0.2) is 18.2 Å². The van der Waals surface area contributed by atoms with Crippen molar-refractivity contribution in [3.05, 3.63) is 29.8 Å². The van der Waals surface area contributed by atoms with Crippen LogP contribution in [0.5, 0.6) is 0 Å². The van der Waals surface area contributed by atoms with Crippen molar-refractivity contribution in [1.29, 1.82) is 0 Å². The van der Waals surface area contributed by atoms with Crippen LogP contribution in [-0.2, 0) is 4.79 Å². The first kappa shape index (κ1) is 18.8. The van der Waals surface area contributed by atoms with Crippen molar-refractivity contribution in [2.24, 2.45) is 0 Å². The Morgan fingerprint density at radius 3 is 2.55 bits per heavy atom. The number of nitrogens with zero attached hydrogens (tertiary/aromatic N) is 1. The van der Waals surface area contributed by atoms with Gasteiger partial charge in [-0.2, -0.15) is 0 Å². The minimum atomic E-state index is -0.960. The van der Waals surface area contributed by atoms with Crippen molar-refractivity contribution in [2.75, 3.05) is 25.5 Å². The smallest absolute Gasteiger partial charge is 0.225 e. The number of amides is 1. The van der Waals surface area contributed by atoms with Crippen molar-refractivity contribution in [3.63, 3.8) is 0 Å². The van der Waals surface area contributed by atoms with E-state index in [1.165, 1.54) is 6.07 Å². The predicted molar refractivity (Wildman–Crippen MR) is 79.3 cm³/mol. The van der Waals surface area contributed by atoms with E-state index in [-0.39, 0.29) is 24.0 Å². The van der Waals surface area contributed by atoms with Crippen LogP contribution in [0.3, 0.4) is 0 Å². The van der Waals surface area contributed by atoms with E-state index in [0.29, 0.717) is 13.0 Å². The number of carbonyl (C=O) groups excluding carboxylic acids is 1. The normalized spacial score (nSPS) is 10.2. The Kier molecular flexibility index (Phi) is 9.08. The zero-order chi connectivity index (χ0) is 14.3. The molecule has 0 spiro atoms. The van der Waals surface area contributed by atoms with Crippen LogP contribution in [0, 0.1) is 11.6 Å². The Labute approximate surface area is 124 Å². The summed E-state index contributed by atoms with van der Waals surface area (Å²) in [5.41, 5.74) is 0.278. The average molecular weight is 307 g/mol. The summed E-state index contributed by atoms with van der Waals surface area (Å²) in [6.07, 6.45) is 2.55. The lowest BCUT2D eigenvalue weighted by molar-refractivity contribution is -0.116. The molecule has 1 aromatic carbocycles. The lowest BCUT2D eigenvalue weighted by Crippen LogP contribution is -2.25. The number of anilines is 1. The maximum Gasteiger partial charge on any atom is 0.225 e. The molecular weight excluding hydrogens is 286 g/mol. The van der Waals surface area contributed by atoms with Crippen LogP contribution in [0.25, 0.3) is 0 Å². The largest absolute Gasteiger partial charge is 0.326 e. The molecule has 0 heterocycles. The van der Waals surface area contributed by atoms with Gasteiger partial charge in [-0.1, -0.05) is 13.3 Å². The zero-order valence-corrected chi connectivity index (χ0v) is 12.6. The summed E-state index contributed by atoms with van der Waals surface area (Å²) in [7, 11) is 1.96. The van der Waals surface area contributed by atoms with Crippen LogP contribution in [0.4, 0.5) is 14.5 Å². The van der Waals surface area contributed by atoms with Crippen molar-refractivity contribution in [2.45, 2.75) is 26.2 Å². The van der Waals surface area contributed by atoms with E-state index in [0.717, 1.165) is 31.5 Å². The maximum atomic E-state index is 12.9. The number of benzene rings is 1. The quantitative estimate of drug-likeness (QED) is 0.837. The number of unbranched alkanes of at least 4 members (excludes halogenated alkanes) is 1.